The Hall–Kier alpha value is -2.28. The highest BCUT2D eigenvalue weighted by Gasteiger charge is 2.54. The van der Waals surface area contributed by atoms with Gasteiger partial charge < -0.3 is 19.9 Å². The molecule has 1 saturated carbocycles. The molecule has 2 aromatic carbocycles. The number of aryl methyl sites for hydroxylation is 1. The lowest BCUT2D eigenvalue weighted by atomic mass is 9.49. The van der Waals surface area contributed by atoms with Gasteiger partial charge in [0.05, 0.1) is 26.4 Å². The smallest absolute Gasteiger partial charge is 0.223 e. The fourth-order valence-electron chi connectivity index (χ4n) is 7.43. The van der Waals surface area contributed by atoms with Crippen LogP contribution in [0.1, 0.15) is 102 Å². The first-order chi connectivity index (χ1) is 20.7. The van der Waals surface area contributed by atoms with Crippen LogP contribution in [0.15, 0.2) is 42.5 Å². The van der Waals surface area contributed by atoms with Crippen LogP contribution in [0.5, 0.6) is 11.5 Å². The number of carbonyl (C=O) groups is 1. The first-order valence-electron chi connectivity index (χ1n) is 16.8. The van der Waals surface area contributed by atoms with Crippen molar-refractivity contribution in [3.8, 4) is 11.5 Å². The monoisotopic (exact) mass is 628 g/mol. The van der Waals surface area contributed by atoms with Crippen LogP contribution in [0.25, 0.3) is 0 Å². The molecule has 0 aromatic heterocycles. The maximum absolute atomic E-state index is 12.2. The van der Waals surface area contributed by atoms with Crippen molar-refractivity contribution in [3.63, 3.8) is 0 Å². The van der Waals surface area contributed by atoms with E-state index in [4.69, 9.17) is 19.9 Å². The van der Waals surface area contributed by atoms with Crippen LogP contribution in [-0.4, -0.2) is 56.9 Å². The van der Waals surface area contributed by atoms with E-state index in [2.05, 4.69) is 57.7 Å². The SMILES string of the molecule is CC(C)c1ccc2c(c1)CCC1C(C)(C(N)=O)CCCC21C.CCCCOc1ccc(OCCCN2CCOCC2)cc1.Cl. The number of hydrogen-bond acceptors (Lipinski definition) is 5. The quantitative estimate of drug-likeness (QED) is 0.258. The fraction of sp³-hybridized carbons (Fsp3) is 0.649. The van der Waals surface area contributed by atoms with Crippen LogP contribution < -0.4 is 15.2 Å². The number of benzene rings is 2. The molecular formula is C37H57ClN2O4. The van der Waals surface area contributed by atoms with Crippen LogP contribution in [0.2, 0.25) is 0 Å². The zero-order valence-electron chi connectivity index (χ0n) is 27.9. The summed E-state index contributed by atoms with van der Waals surface area (Å²) in [6.07, 6.45) is 8.69. The van der Waals surface area contributed by atoms with Crippen molar-refractivity contribution in [2.24, 2.45) is 17.1 Å². The molecule has 3 unspecified atom stereocenters. The standard InChI is InChI=1S/C20H29NO.C17H27NO3.ClH/c1-13(2)14-6-8-16-15(12-14)7-9-17-19(16,3)10-5-11-20(17,4)18(21)22;1-2-3-12-20-16-5-7-17(8-6-16)21-13-4-9-18-10-14-19-15-11-18;/h6,8,12-13,17H,5,7,9-11H2,1-4H3,(H2,21,22);5-8H,2-4,9-15H2,1H3;1H. The highest BCUT2D eigenvalue weighted by Crippen LogP contribution is 2.57. The molecule has 0 bridgehead atoms. The molecule has 246 valence electrons. The average molecular weight is 629 g/mol. The maximum atomic E-state index is 12.2. The Kier molecular flexibility index (Phi) is 13.9. The minimum Gasteiger partial charge on any atom is -0.494 e. The normalized spacial score (nSPS) is 24.6. The molecule has 44 heavy (non-hydrogen) atoms. The van der Waals surface area contributed by atoms with E-state index in [-0.39, 0.29) is 29.1 Å². The van der Waals surface area contributed by atoms with Gasteiger partial charge in [-0.1, -0.05) is 65.7 Å². The lowest BCUT2D eigenvalue weighted by Crippen LogP contribution is -2.54. The fourth-order valence-corrected chi connectivity index (χ4v) is 7.43. The lowest BCUT2D eigenvalue weighted by molar-refractivity contribution is -0.135. The predicted molar refractivity (Wildman–Crippen MR) is 182 cm³/mol. The number of amides is 1. The number of unbranched alkanes of at least 4 members (excludes halogenated alkanes) is 1. The highest BCUT2D eigenvalue weighted by molar-refractivity contribution is 5.85. The van der Waals surface area contributed by atoms with Gasteiger partial charge in [-0.25, -0.2) is 0 Å². The zero-order valence-corrected chi connectivity index (χ0v) is 28.7. The molecular weight excluding hydrogens is 572 g/mol. The van der Waals surface area contributed by atoms with Crippen LogP contribution in [0, 0.1) is 11.3 Å². The van der Waals surface area contributed by atoms with E-state index in [9.17, 15) is 4.79 Å². The van der Waals surface area contributed by atoms with Gasteiger partial charge in [0, 0.05) is 25.0 Å². The third-order valence-electron chi connectivity index (χ3n) is 10.2. The second-order valence-electron chi connectivity index (χ2n) is 13.5. The molecule has 2 N–H and O–H groups in total. The summed E-state index contributed by atoms with van der Waals surface area (Å²) in [6, 6.07) is 14.9. The van der Waals surface area contributed by atoms with E-state index >= 15 is 0 Å². The number of nitrogens with zero attached hydrogens (tertiary/aromatic N) is 1. The summed E-state index contributed by atoms with van der Waals surface area (Å²) in [5, 5.41) is 0. The van der Waals surface area contributed by atoms with Crippen LogP contribution in [-0.2, 0) is 21.4 Å². The van der Waals surface area contributed by atoms with Crippen molar-refractivity contribution >= 4 is 18.3 Å². The van der Waals surface area contributed by atoms with Gasteiger partial charge in [0.25, 0.3) is 0 Å². The summed E-state index contributed by atoms with van der Waals surface area (Å²) < 4.78 is 16.7. The number of carbonyl (C=O) groups excluding carboxylic acids is 1. The van der Waals surface area contributed by atoms with Gasteiger partial charge in [0.2, 0.25) is 5.91 Å². The van der Waals surface area contributed by atoms with E-state index in [0.29, 0.717) is 11.8 Å². The number of nitrogens with two attached hydrogens (primary N) is 1. The molecule has 1 amide bonds. The second kappa shape index (κ2) is 16.9. The molecule has 7 heteroatoms. The Morgan fingerprint density at radius 1 is 1.00 bits per heavy atom. The Bertz CT molecular complexity index is 1170. The molecule has 5 rings (SSSR count). The second-order valence-corrected chi connectivity index (χ2v) is 13.5. The van der Waals surface area contributed by atoms with Gasteiger partial charge in [0.1, 0.15) is 11.5 Å². The molecule has 6 nitrogen and oxygen atoms in total. The number of fused-ring (bicyclic) bond motifs is 3. The van der Waals surface area contributed by atoms with Gasteiger partial charge in [-0.05, 0) is 96.7 Å². The summed E-state index contributed by atoms with van der Waals surface area (Å²) in [5.74, 6) is 2.68. The molecule has 2 aromatic rings. The topological polar surface area (TPSA) is 74.0 Å². The van der Waals surface area contributed by atoms with Crippen LogP contribution >= 0.6 is 12.4 Å². The largest absolute Gasteiger partial charge is 0.494 e. The Labute approximate surface area is 272 Å². The first-order valence-corrected chi connectivity index (χ1v) is 16.8. The van der Waals surface area contributed by atoms with E-state index in [1.54, 1.807) is 0 Å². The van der Waals surface area contributed by atoms with Gasteiger partial charge in [-0.15, -0.1) is 12.4 Å². The van der Waals surface area contributed by atoms with Crippen molar-refractivity contribution < 1.29 is 19.0 Å². The minimum atomic E-state index is -0.346. The molecule has 1 heterocycles. The molecule has 3 aliphatic rings. The summed E-state index contributed by atoms with van der Waals surface area (Å²) in [6.45, 7) is 17.6. The summed E-state index contributed by atoms with van der Waals surface area (Å²) in [4.78, 5) is 14.6. The van der Waals surface area contributed by atoms with Gasteiger partial charge in [0.15, 0.2) is 0 Å². The molecule has 1 aliphatic heterocycles. The Morgan fingerprint density at radius 2 is 1.64 bits per heavy atom. The van der Waals surface area contributed by atoms with Crippen molar-refractivity contribution in [2.45, 2.75) is 97.3 Å². The van der Waals surface area contributed by atoms with E-state index in [1.807, 2.05) is 24.3 Å². The molecule has 1 saturated heterocycles. The van der Waals surface area contributed by atoms with Gasteiger partial charge in [-0.2, -0.15) is 0 Å². The van der Waals surface area contributed by atoms with E-state index < -0.39 is 0 Å². The zero-order chi connectivity index (χ0) is 30.9. The molecule has 0 radical (unpaired) electrons. The van der Waals surface area contributed by atoms with E-state index in [1.165, 1.54) is 23.1 Å². The first kappa shape index (κ1) is 36.2. The van der Waals surface area contributed by atoms with Crippen LogP contribution in [0.4, 0.5) is 0 Å². The molecule has 3 atom stereocenters. The minimum absolute atomic E-state index is 0. The highest BCUT2D eigenvalue weighted by atomic mass is 35.5. The van der Waals surface area contributed by atoms with Gasteiger partial charge >= 0.3 is 0 Å². The average Bonchev–Trinajstić information content (AvgIpc) is 3.00. The van der Waals surface area contributed by atoms with Crippen molar-refractivity contribution in [1.29, 1.82) is 0 Å². The number of hydrogen-bond donors (Lipinski definition) is 1. The van der Waals surface area contributed by atoms with Crippen molar-refractivity contribution in [1.82, 2.24) is 4.90 Å². The molecule has 2 fully saturated rings. The number of rotatable bonds is 11. The van der Waals surface area contributed by atoms with Gasteiger partial charge in [-0.3, -0.25) is 9.69 Å². The summed E-state index contributed by atoms with van der Waals surface area (Å²) in [5.41, 5.74) is 9.97. The number of halogens is 1. The number of morpholine rings is 1. The maximum Gasteiger partial charge on any atom is 0.223 e. The van der Waals surface area contributed by atoms with Crippen molar-refractivity contribution in [2.75, 3.05) is 46.1 Å². The number of ether oxygens (including phenoxy) is 3. The Balaban J connectivity index is 0.000000235. The summed E-state index contributed by atoms with van der Waals surface area (Å²) >= 11 is 0. The predicted octanol–water partition coefficient (Wildman–Crippen LogP) is 7.69. The number of primary amides is 1. The van der Waals surface area contributed by atoms with Crippen LogP contribution in [0.3, 0.4) is 0 Å². The van der Waals surface area contributed by atoms with E-state index in [0.717, 1.165) is 103 Å². The molecule has 0 spiro atoms. The Morgan fingerprint density at radius 3 is 2.23 bits per heavy atom. The van der Waals surface area contributed by atoms with Crippen molar-refractivity contribution in [3.05, 3.63) is 59.2 Å². The summed E-state index contributed by atoms with van der Waals surface area (Å²) in [7, 11) is 0. The molecule has 2 aliphatic carbocycles. The lowest BCUT2D eigenvalue weighted by Gasteiger charge is -2.54. The third-order valence-corrected chi connectivity index (χ3v) is 10.2. The third kappa shape index (κ3) is 8.92.